The number of carbonyl (C=O) groups is 1. The average molecular weight is 483 g/mol. The molecular weight excluding hydrogens is 464 g/mol. The zero-order valence-corrected chi connectivity index (χ0v) is 18.7. The molecule has 0 bridgehead atoms. The van der Waals surface area contributed by atoms with Gasteiger partial charge in [-0.3, -0.25) is 4.79 Å². The molecule has 1 N–H and O–H groups in total. The molecule has 152 valence electrons. The first-order chi connectivity index (χ1) is 14.6. The number of benzene rings is 2. The number of carbonyl (C=O) groups excluding carboxylic acids is 1. The molecule has 1 amide bonds. The van der Waals surface area contributed by atoms with Crippen molar-refractivity contribution in [1.82, 2.24) is 9.88 Å². The van der Waals surface area contributed by atoms with Crippen molar-refractivity contribution in [2.45, 2.75) is 20.0 Å². The molecule has 0 spiro atoms. The fourth-order valence-electron chi connectivity index (χ4n) is 3.65. The summed E-state index contributed by atoms with van der Waals surface area (Å²) in [6.45, 7) is 3.40. The van der Waals surface area contributed by atoms with Gasteiger partial charge in [-0.05, 0) is 63.8 Å². The Morgan fingerprint density at radius 1 is 1.13 bits per heavy atom. The van der Waals surface area contributed by atoms with Crippen LogP contribution in [-0.2, 0) is 13.1 Å². The predicted molar refractivity (Wildman–Crippen MR) is 122 cm³/mol. The third-order valence-corrected chi connectivity index (χ3v) is 6.85. The van der Waals surface area contributed by atoms with E-state index in [1.54, 1.807) is 11.3 Å². The van der Waals surface area contributed by atoms with Gasteiger partial charge in [-0.1, -0.05) is 30.3 Å². The lowest BCUT2D eigenvalue weighted by Gasteiger charge is -2.13. The summed E-state index contributed by atoms with van der Waals surface area (Å²) in [4.78, 5) is 13.1. The number of ether oxygens (including phenoxy) is 2. The Bertz CT molecular complexity index is 1260. The van der Waals surface area contributed by atoms with Crippen molar-refractivity contribution in [2.75, 3.05) is 6.79 Å². The van der Waals surface area contributed by atoms with Gasteiger partial charge in [0.05, 0.1) is 14.0 Å². The van der Waals surface area contributed by atoms with Crippen LogP contribution in [0.4, 0.5) is 0 Å². The van der Waals surface area contributed by atoms with E-state index in [9.17, 15) is 4.79 Å². The van der Waals surface area contributed by atoms with Crippen molar-refractivity contribution in [1.29, 1.82) is 0 Å². The Hall–Kier alpha value is -2.77. The molecule has 0 saturated heterocycles. The summed E-state index contributed by atoms with van der Waals surface area (Å²) in [6, 6.07) is 18.0. The van der Waals surface area contributed by atoms with Crippen molar-refractivity contribution in [3.05, 3.63) is 80.8 Å². The van der Waals surface area contributed by atoms with E-state index >= 15 is 0 Å². The van der Waals surface area contributed by atoms with Crippen LogP contribution in [-0.4, -0.2) is 17.3 Å². The fourth-order valence-corrected chi connectivity index (χ4v) is 5.22. The topological polar surface area (TPSA) is 52.5 Å². The SMILES string of the molecule is Cc1ccccc1Cn1c(C(=O)NCc2ccc3c(c2)OCO3)cc2sc(Br)cc21. The maximum Gasteiger partial charge on any atom is 0.268 e. The number of halogens is 1. The molecule has 30 heavy (non-hydrogen) atoms. The molecule has 1 aliphatic rings. The standard InChI is InChI=1S/C23H19BrN2O3S/c1-14-4-2-3-5-16(14)12-26-17-10-22(24)30-21(17)9-18(26)23(27)25-11-15-6-7-19-20(8-15)29-13-28-19/h2-10H,11-13H2,1H3,(H,25,27). The average Bonchev–Trinajstić information content (AvgIpc) is 3.42. The molecular formula is C23H19BrN2O3S. The van der Waals surface area contributed by atoms with Gasteiger partial charge in [0.1, 0.15) is 5.69 Å². The lowest BCUT2D eigenvalue weighted by molar-refractivity contribution is 0.0942. The van der Waals surface area contributed by atoms with E-state index in [0.29, 0.717) is 18.8 Å². The summed E-state index contributed by atoms with van der Waals surface area (Å²) in [5, 5.41) is 3.05. The zero-order valence-electron chi connectivity index (χ0n) is 16.3. The molecule has 5 rings (SSSR count). The number of hydrogen-bond acceptors (Lipinski definition) is 4. The molecule has 3 heterocycles. The van der Waals surface area contributed by atoms with Crippen LogP contribution in [0.3, 0.4) is 0 Å². The molecule has 0 radical (unpaired) electrons. The third kappa shape index (κ3) is 3.59. The number of amides is 1. The van der Waals surface area contributed by atoms with E-state index in [2.05, 4.69) is 50.9 Å². The van der Waals surface area contributed by atoms with Gasteiger partial charge < -0.3 is 19.4 Å². The molecule has 0 unspecified atom stereocenters. The van der Waals surface area contributed by atoms with Crippen LogP contribution in [0.1, 0.15) is 27.2 Å². The van der Waals surface area contributed by atoms with Crippen molar-refractivity contribution >= 4 is 43.4 Å². The van der Waals surface area contributed by atoms with E-state index in [4.69, 9.17) is 9.47 Å². The fraction of sp³-hybridized carbons (Fsp3) is 0.174. The molecule has 1 aliphatic heterocycles. The maximum absolute atomic E-state index is 13.1. The van der Waals surface area contributed by atoms with Crippen LogP contribution in [0.2, 0.25) is 0 Å². The molecule has 0 aliphatic carbocycles. The first-order valence-electron chi connectivity index (χ1n) is 9.58. The summed E-state index contributed by atoms with van der Waals surface area (Å²) in [5.41, 5.74) is 5.09. The summed E-state index contributed by atoms with van der Waals surface area (Å²) in [6.07, 6.45) is 0. The molecule has 0 saturated carbocycles. The minimum Gasteiger partial charge on any atom is -0.454 e. The normalized spacial score (nSPS) is 12.5. The second kappa shape index (κ2) is 7.81. The lowest BCUT2D eigenvalue weighted by Crippen LogP contribution is -2.25. The van der Waals surface area contributed by atoms with Gasteiger partial charge in [-0.25, -0.2) is 0 Å². The highest BCUT2D eigenvalue weighted by Gasteiger charge is 2.19. The Kier molecular flexibility index (Phi) is 5.00. The van der Waals surface area contributed by atoms with Crippen LogP contribution < -0.4 is 14.8 Å². The number of fused-ring (bicyclic) bond motifs is 2. The number of nitrogens with zero attached hydrogens (tertiary/aromatic N) is 1. The predicted octanol–water partition coefficient (Wildman–Crippen LogP) is 5.48. The number of aromatic nitrogens is 1. The van der Waals surface area contributed by atoms with Crippen LogP contribution in [0.15, 0.2) is 58.4 Å². The second-order valence-corrected chi connectivity index (χ2v) is 9.68. The third-order valence-electron chi connectivity index (χ3n) is 5.27. The Morgan fingerprint density at radius 3 is 2.83 bits per heavy atom. The van der Waals surface area contributed by atoms with Crippen LogP contribution in [0.25, 0.3) is 10.2 Å². The number of nitrogens with one attached hydrogen (secondary N) is 1. The first kappa shape index (κ1) is 19.2. The molecule has 7 heteroatoms. The minimum atomic E-state index is -0.0965. The van der Waals surface area contributed by atoms with Gasteiger partial charge in [0.2, 0.25) is 6.79 Å². The highest BCUT2D eigenvalue weighted by molar-refractivity contribution is 9.11. The summed E-state index contributed by atoms with van der Waals surface area (Å²) in [5.74, 6) is 1.36. The monoisotopic (exact) mass is 482 g/mol. The zero-order chi connectivity index (χ0) is 20.7. The Labute approximate surface area is 186 Å². The van der Waals surface area contributed by atoms with Gasteiger partial charge in [0, 0.05) is 13.1 Å². The quantitative estimate of drug-likeness (QED) is 0.409. The van der Waals surface area contributed by atoms with Gasteiger partial charge in [0.25, 0.3) is 5.91 Å². The molecule has 5 nitrogen and oxygen atoms in total. The second-order valence-electron chi connectivity index (χ2n) is 7.21. The lowest BCUT2D eigenvalue weighted by atomic mass is 10.1. The Balaban J connectivity index is 1.42. The van der Waals surface area contributed by atoms with Crippen LogP contribution in [0.5, 0.6) is 11.5 Å². The van der Waals surface area contributed by atoms with E-state index in [1.165, 1.54) is 11.1 Å². The summed E-state index contributed by atoms with van der Waals surface area (Å²) >= 11 is 5.20. The molecule has 4 aromatic rings. The molecule has 2 aromatic heterocycles. The van der Waals surface area contributed by atoms with Gasteiger partial charge in [-0.2, -0.15) is 0 Å². The summed E-state index contributed by atoms with van der Waals surface area (Å²) in [7, 11) is 0. The highest BCUT2D eigenvalue weighted by Crippen LogP contribution is 2.34. The van der Waals surface area contributed by atoms with Crippen molar-refractivity contribution < 1.29 is 14.3 Å². The summed E-state index contributed by atoms with van der Waals surface area (Å²) < 4.78 is 15.0. The highest BCUT2D eigenvalue weighted by atomic mass is 79.9. The van der Waals surface area contributed by atoms with Crippen LogP contribution in [0, 0.1) is 6.92 Å². The van der Waals surface area contributed by atoms with Crippen molar-refractivity contribution in [2.24, 2.45) is 0 Å². The largest absolute Gasteiger partial charge is 0.454 e. The van der Waals surface area contributed by atoms with Crippen LogP contribution >= 0.6 is 27.3 Å². The van der Waals surface area contributed by atoms with Gasteiger partial charge in [-0.15, -0.1) is 11.3 Å². The van der Waals surface area contributed by atoms with E-state index < -0.39 is 0 Å². The van der Waals surface area contributed by atoms with E-state index in [-0.39, 0.29) is 12.7 Å². The molecule has 2 aromatic carbocycles. The Morgan fingerprint density at radius 2 is 1.97 bits per heavy atom. The van der Waals surface area contributed by atoms with E-state index in [1.807, 2.05) is 36.4 Å². The van der Waals surface area contributed by atoms with E-state index in [0.717, 1.165) is 31.1 Å². The molecule has 0 atom stereocenters. The number of rotatable bonds is 5. The van der Waals surface area contributed by atoms with Crippen molar-refractivity contribution in [3.8, 4) is 11.5 Å². The number of thiophene rings is 1. The van der Waals surface area contributed by atoms with Gasteiger partial charge >= 0.3 is 0 Å². The molecule has 0 fully saturated rings. The number of aryl methyl sites for hydroxylation is 1. The minimum absolute atomic E-state index is 0.0965. The number of hydrogen-bond donors (Lipinski definition) is 1. The van der Waals surface area contributed by atoms with Crippen molar-refractivity contribution in [3.63, 3.8) is 0 Å². The van der Waals surface area contributed by atoms with Gasteiger partial charge in [0.15, 0.2) is 11.5 Å². The first-order valence-corrected chi connectivity index (χ1v) is 11.2. The maximum atomic E-state index is 13.1. The smallest absolute Gasteiger partial charge is 0.268 e.